The van der Waals surface area contributed by atoms with Gasteiger partial charge in [-0.05, 0) is 35.1 Å². The van der Waals surface area contributed by atoms with Gasteiger partial charge in [-0.3, -0.25) is 0 Å². The van der Waals surface area contributed by atoms with Gasteiger partial charge in [0.2, 0.25) is 0 Å². The summed E-state index contributed by atoms with van der Waals surface area (Å²) in [4.78, 5) is 0. The van der Waals surface area contributed by atoms with Gasteiger partial charge in [0.05, 0.1) is 0 Å². The average molecular weight is 449 g/mol. The van der Waals surface area contributed by atoms with E-state index >= 15 is 0 Å². The summed E-state index contributed by atoms with van der Waals surface area (Å²) in [5.74, 6) is -0.340. The normalized spacial score (nSPS) is 19.0. The van der Waals surface area contributed by atoms with E-state index in [4.69, 9.17) is 0 Å². The van der Waals surface area contributed by atoms with E-state index in [9.17, 15) is 10.2 Å². The zero-order valence-corrected chi connectivity index (χ0v) is 19.4. The van der Waals surface area contributed by atoms with Gasteiger partial charge in [-0.1, -0.05) is 134 Å². The molecule has 1 fully saturated rings. The highest BCUT2D eigenvalue weighted by atomic mass is 16.3. The molecule has 0 amide bonds. The van der Waals surface area contributed by atoms with Gasteiger partial charge < -0.3 is 10.2 Å². The van der Waals surface area contributed by atoms with Crippen LogP contribution in [0.15, 0.2) is 121 Å². The third-order valence-electron chi connectivity index (χ3n) is 7.69. The minimum Gasteiger partial charge on any atom is -0.380 e. The Balaban J connectivity index is 1.72. The SMILES string of the molecule is OC(c1ccccc1)(c1ccccc1)C1CCCCC1C(O)(c1ccccc1)c1ccccc1. The average Bonchev–Trinajstić information content (AvgIpc) is 2.94. The first kappa shape index (κ1) is 22.6. The van der Waals surface area contributed by atoms with Crippen LogP contribution in [0.5, 0.6) is 0 Å². The first-order valence-electron chi connectivity index (χ1n) is 12.3. The molecule has 0 radical (unpaired) electrons. The largest absolute Gasteiger partial charge is 0.380 e. The van der Waals surface area contributed by atoms with Crippen LogP contribution in [0.25, 0.3) is 0 Å². The van der Waals surface area contributed by atoms with E-state index in [1.54, 1.807) is 0 Å². The zero-order valence-electron chi connectivity index (χ0n) is 19.4. The van der Waals surface area contributed by atoms with Crippen molar-refractivity contribution in [2.45, 2.75) is 36.9 Å². The molecule has 2 N–H and O–H groups in total. The van der Waals surface area contributed by atoms with Crippen molar-refractivity contribution in [2.75, 3.05) is 0 Å². The molecule has 2 heteroatoms. The molecular weight excluding hydrogens is 416 g/mol. The standard InChI is InChI=1S/C32H32O2/c33-31(25-15-5-1-6-16-25,26-17-7-2-8-18-26)29-23-13-14-24-30(29)32(34,27-19-9-3-10-20-27)28-21-11-4-12-22-28/h1-12,15-22,29-30,33-34H,13-14,23-24H2. The predicted molar refractivity (Wildman–Crippen MR) is 137 cm³/mol. The molecule has 2 atom stereocenters. The Morgan fingerprint density at radius 2 is 0.647 bits per heavy atom. The number of hydrogen-bond acceptors (Lipinski definition) is 2. The Bertz CT molecular complexity index is 997. The minimum absolute atomic E-state index is 0.170. The van der Waals surface area contributed by atoms with Gasteiger partial charge in [0.1, 0.15) is 11.2 Å². The lowest BCUT2D eigenvalue weighted by atomic mass is 9.58. The van der Waals surface area contributed by atoms with Crippen LogP contribution >= 0.6 is 0 Å². The Kier molecular flexibility index (Phi) is 6.36. The summed E-state index contributed by atoms with van der Waals surface area (Å²) in [5, 5.41) is 25.4. The van der Waals surface area contributed by atoms with E-state index in [1.165, 1.54) is 0 Å². The molecule has 2 nitrogen and oxygen atoms in total. The number of rotatable bonds is 6. The first-order valence-corrected chi connectivity index (χ1v) is 12.3. The van der Waals surface area contributed by atoms with Crippen molar-refractivity contribution in [3.63, 3.8) is 0 Å². The molecule has 2 unspecified atom stereocenters. The van der Waals surface area contributed by atoms with E-state index < -0.39 is 11.2 Å². The topological polar surface area (TPSA) is 40.5 Å². The lowest BCUT2D eigenvalue weighted by Gasteiger charge is -2.50. The molecule has 4 aromatic carbocycles. The highest BCUT2D eigenvalue weighted by Crippen LogP contribution is 2.54. The quantitative estimate of drug-likeness (QED) is 0.346. The minimum atomic E-state index is -1.22. The Morgan fingerprint density at radius 1 is 0.412 bits per heavy atom. The third-order valence-corrected chi connectivity index (χ3v) is 7.69. The van der Waals surface area contributed by atoms with Crippen molar-refractivity contribution in [3.8, 4) is 0 Å². The van der Waals surface area contributed by atoms with E-state index in [0.29, 0.717) is 0 Å². The van der Waals surface area contributed by atoms with Gasteiger partial charge in [0.15, 0.2) is 0 Å². The van der Waals surface area contributed by atoms with Crippen molar-refractivity contribution in [3.05, 3.63) is 144 Å². The maximum Gasteiger partial charge on any atom is 0.118 e. The summed E-state index contributed by atoms with van der Waals surface area (Å²) in [7, 11) is 0. The second-order valence-electron chi connectivity index (χ2n) is 9.49. The monoisotopic (exact) mass is 448 g/mol. The fraction of sp³-hybridized carbons (Fsp3) is 0.250. The van der Waals surface area contributed by atoms with Crippen molar-refractivity contribution < 1.29 is 10.2 Å². The molecule has 0 aliphatic heterocycles. The highest BCUT2D eigenvalue weighted by Gasteiger charge is 2.53. The second-order valence-corrected chi connectivity index (χ2v) is 9.49. The number of aliphatic hydroxyl groups is 2. The zero-order chi connectivity index (χ0) is 23.4. The molecule has 0 bridgehead atoms. The van der Waals surface area contributed by atoms with E-state index in [-0.39, 0.29) is 11.8 Å². The Labute approximate surface area is 202 Å². The van der Waals surface area contributed by atoms with Gasteiger partial charge in [0, 0.05) is 11.8 Å². The second kappa shape index (κ2) is 9.58. The summed E-state index contributed by atoms with van der Waals surface area (Å²) in [5.41, 5.74) is 1.07. The fourth-order valence-electron chi connectivity index (χ4n) is 6.09. The summed E-state index contributed by atoms with van der Waals surface area (Å²) in [6.45, 7) is 0. The van der Waals surface area contributed by atoms with Crippen LogP contribution in [-0.4, -0.2) is 10.2 Å². The van der Waals surface area contributed by atoms with Crippen LogP contribution in [0.3, 0.4) is 0 Å². The van der Waals surface area contributed by atoms with Gasteiger partial charge in [-0.25, -0.2) is 0 Å². The molecule has 5 rings (SSSR count). The molecule has 0 saturated heterocycles. The van der Waals surface area contributed by atoms with Crippen LogP contribution in [0, 0.1) is 11.8 Å². The molecule has 0 aromatic heterocycles. The van der Waals surface area contributed by atoms with Crippen molar-refractivity contribution in [1.82, 2.24) is 0 Å². The lowest BCUT2D eigenvalue weighted by Crippen LogP contribution is -2.50. The predicted octanol–water partition coefficient (Wildman–Crippen LogP) is 6.67. The van der Waals surface area contributed by atoms with Crippen molar-refractivity contribution in [2.24, 2.45) is 11.8 Å². The summed E-state index contributed by atoms with van der Waals surface area (Å²) < 4.78 is 0. The van der Waals surface area contributed by atoms with Crippen molar-refractivity contribution >= 4 is 0 Å². The van der Waals surface area contributed by atoms with Crippen LogP contribution in [0.2, 0.25) is 0 Å². The Morgan fingerprint density at radius 3 is 0.882 bits per heavy atom. The van der Waals surface area contributed by atoms with Crippen molar-refractivity contribution in [1.29, 1.82) is 0 Å². The molecule has 1 saturated carbocycles. The van der Waals surface area contributed by atoms with E-state index in [2.05, 4.69) is 0 Å². The van der Waals surface area contributed by atoms with Gasteiger partial charge in [0.25, 0.3) is 0 Å². The van der Waals surface area contributed by atoms with Crippen LogP contribution in [0.4, 0.5) is 0 Å². The molecule has 0 heterocycles. The molecule has 1 aliphatic carbocycles. The van der Waals surface area contributed by atoms with Gasteiger partial charge in [-0.15, -0.1) is 0 Å². The summed E-state index contributed by atoms with van der Waals surface area (Å²) in [6, 6.07) is 40.0. The molecule has 4 aromatic rings. The maximum absolute atomic E-state index is 12.7. The van der Waals surface area contributed by atoms with Gasteiger partial charge in [-0.2, -0.15) is 0 Å². The van der Waals surface area contributed by atoms with Gasteiger partial charge >= 0.3 is 0 Å². The Hall–Kier alpha value is -3.20. The van der Waals surface area contributed by atoms with Crippen LogP contribution in [0.1, 0.15) is 47.9 Å². The number of hydrogen-bond donors (Lipinski definition) is 2. The maximum atomic E-state index is 12.7. The number of benzene rings is 4. The highest BCUT2D eigenvalue weighted by molar-refractivity contribution is 5.41. The molecule has 0 spiro atoms. The summed E-state index contributed by atoms with van der Waals surface area (Å²) in [6.07, 6.45) is 3.74. The third kappa shape index (κ3) is 3.87. The molecule has 1 aliphatic rings. The van der Waals surface area contributed by atoms with E-state index in [0.717, 1.165) is 47.9 Å². The molecular formula is C32H32O2. The van der Waals surface area contributed by atoms with Crippen LogP contribution < -0.4 is 0 Å². The smallest absolute Gasteiger partial charge is 0.118 e. The van der Waals surface area contributed by atoms with Crippen LogP contribution in [-0.2, 0) is 11.2 Å². The van der Waals surface area contributed by atoms with E-state index in [1.807, 2.05) is 121 Å². The lowest BCUT2D eigenvalue weighted by molar-refractivity contribution is -0.100. The first-order chi connectivity index (χ1) is 16.6. The molecule has 34 heavy (non-hydrogen) atoms. The summed E-state index contributed by atoms with van der Waals surface area (Å²) >= 11 is 0. The molecule has 172 valence electrons. The fourth-order valence-corrected chi connectivity index (χ4v) is 6.09.